The molecule has 1 aromatic heterocycles. The molecular weight excluding hydrogens is 326 g/mol. The van der Waals surface area contributed by atoms with Gasteiger partial charge in [-0.15, -0.1) is 0 Å². The number of aryl methyl sites for hydroxylation is 2. The zero-order valence-electron chi connectivity index (χ0n) is 16.1. The van der Waals surface area contributed by atoms with Crippen LogP contribution in [0.3, 0.4) is 0 Å². The van der Waals surface area contributed by atoms with Crippen LogP contribution in [0, 0.1) is 27.7 Å². The maximum absolute atomic E-state index is 13.2. The second-order valence-electron chi connectivity index (χ2n) is 7.17. The maximum Gasteiger partial charge on any atom is 0.255 e. The number of hydrogen-bond acceptors (Lipinski definition) is 2. The van der Waals surface area contributed by atoms with Gasteiger partial charge in [0.2, 0.25) is 0 Å². The highest BCUT2D eigenvalue weighted by Crippen LogP contribution is 2.24. The van der Waals surface area contributed by atoms with E-state index in [1.54, 1.807) is 18.5 Å². The van der Waals surface area contributed by atoms with Gasteiger partial charge in [-0.25, -0.2) is 0 Å². The van der Waals surface area contributed by atoms with Gasteiger partial charge in [0.1, 0.15) is 0 Å². The summed E-state index contributed by atoms with van der Waals surface area (Å²) in [7, 11) is 0. The van der Waals surface area contributed by atoms with E-state index in [0.717, 1.165) is 34.2 Å². The molecule has 0 bridgehead atoms. The van der Waals surface area contributed by atoms with E-state index in [1.807, 2.05) is 23.6 Å². The molecule has 0 atom stereocenters. The third-order valence-corrected chi connectivity index (χ3v) is 5.50. The number of nitrogens with zero attached hydrogens (tertiary/aromatic N) is 2. The van der Waals surface area contributed by atoms with Crippen LogP contribution in [0.4, 0.5) is 0 Å². The summed E-state index contributed by atoms with van der Waals surface area (Å²) < 4.78 is 0. The van der Waals surface area contributed by atoms with Gasteiger partial charge in [0, 0.05) is 44.1 Å². The van der Waals surface area contributed by atoms with E-state index in [-0.39, 0.29) is 11.8 Å². The second-order valence-corrected chi connectivity index (χ2v) is 7.17. The van der Waals surface area contributed by atoms with Crippen molar-refractivity contribution < 1.29 is 9.59 Å². The van der Waals surface area contributed by atoms with Crippen molar-refractivity contribution in [2.75, 3.05) is 26.2 Å². The first-order chi connectivity index (χ1) is 12.4. The quantitative estimate of drug-likeness (QED) is 0.901. The Hall–Kier alpha value is -2.56. The number of rotatable bonds is 2. The van der Waals surface area contributed by atoms with Gasteiger partial charge < -0.3 is 14.8 Å². The maximum atomic E-state index is 13.2. The molecule has 26 heavy (non-hydrogen) atoms. The predicted molar refractivity (Wildman–Crippen MR) is 103 cm³/mol. The lowest BCUT2D eigenvalue weighted by atomic mass is 9.93. The molecule has 0 aliphatic carbocycles. The molecule has 138 valence electrons. The normalized spacial score (nSPS) is 15.1. The van der Waals surface area contributed by atoms with Crippen molar-refractivity contribution in [3.8, 4) is 0 Å². The summed E-state index contributed by atoms with van der Waals surface area (Å²) in [6, 6.07) is 3.93. The number of aromatic nitrogens is 1. The molecule has 1 fully saturated rings. The average Bonchev–Trinajstić information content (AvgIpc) is 3.04. The Morgan fingerprint density at radius 2 is 1.46 bits per heavy atom. The van der Waals surface area contributed by atoms with Crippen LogP contribution in [0.1, 0.15) is 49.4 Å². The molecule has 1 saturated heterocycles. The van der Waals surface area contributed by atoms with Crippen molar-refractivity contribution in [3.05, 3.63) is 57.9 Å². The van der Waals surface area contributed by atoms with E-state index in [4.69, 9.17) is 0 Å². The number of hydrogen-bond donors (Lipinski definition) is 1. The summed E-state index contributed by atoms with van der Waals surface area (Å²) >= 11 is 0. The largest absolute Gasteiger partial charge is 0.367 e. The van der Waals surface area contributed by atoms with Crippen molar-refractivity contribution in [2.45, 2.75) is 34.1 Å². The molecule has 2 aromatic rings. The molecule has 0 spiro atoms. The number of nitrogens with one attached hydrogen (secondary N) is 1. The monoisotopic (exact) mass is 353 g/mol. The third kappa shape index (κ3) is 3.39. The van der Waals surface area contributed by atoms with Crippen molar-refractivity contribution in [2.24, 2.45) is 0 Å². The average molecular weight is 353 g/mol. The number of carbonyl (C=O) groups excluding carboxylic acids is 2. The van der Waals surface area contributed by atoms with Crippen LogP contribution in [-0.2, 0) is 0 Å². The number of aromatic amines is 1. The van der Waals surface area contributed by atoms with E-state index in [1.165, 1.54) is 0 Å². The highest BCUT2D eigenvalue weighted by molar-refractivity contribution is 5.98. The molecule has 2 amide bonds. The van der Waals surface area contributed by atoms with Crippen LogP contribution in [0.25, 0.3) is 0 Å². The Morgan fingerprint density at radius 3 is 2.00 bits per heavy atom. The van der Waals surface area contributed by atoms with Crippen molar-refractivity contribution in [1.82, 2.24) is 14.8 Å². The third-order valence-electron chi connectivity index (χ3n) is 5.50. The van der Waals surface area contributed by atoms with Gasteiger partial charge in [0.25, 0.3) is 11.8 Å². The summed E-state index contributed by atoms with van der Waals surface area (Å²) in [5.74, 6) is 0.113. The first-order valence-corrected chi connectivity index (χ1v) is 9.19. The summed E-state index contributed by atoms with van der Waals surface area (Å²) in [6.07, 6.45) is 4.27. The number of carbonyl (C=O) groups is 2. The van der Waals surface area contributed by atoms with E-state index in [0.29, 0.717) is 31.7 Å². The lowest BCUT2D eigenvalue weighted by Crippen LogP contribution is -2.37. The number of H-pyrrole nitrogens is 1. The van der Waals surface area contributed by atoms with E-state index in [2.05, 4.69) is 24.9 Å². The summed E-state index contributed by atoms with van der Waals surface area (Å²) in [5, 5.41) is 0. The first kappa shape index (κ1) is 18.2. The minimum atomic E-state index is 0.0271. The highest BCUT2D eigenvalue weighted by atomic mass is 16.2. The van der Waals surface area contributed by atoms with Gasteiger partial charge in [-0.3, -0.25) is 9.59 Å². The first-order valence-electron chi connectivity index (χ1n) is 9.19. The molecule has 5 heteroatoms. The molecule has 1 N–H and O–H groups in total. The van der Waals surface area contributed by atoms with Crippen LogP contribution in [0.2, 0.25) is 0 Å². The lowest BCUT2D eigenvalue weighted by Gasteiger charge is -2.24. The zero-order valence-corrected chi connectivity index (χ0v) is 16.1. The van der Waals surface area contributed by atoms with Gasteiger partial charge in [0.15, 0.2) is 0 Å². The van der Waals surface area contributed by atoms with Gasteiger partial charge in [-0.2, -0.15) is 0 Å². The van der Waals surface area contributed by atoms with Crippen LogP contribution in [0.15, 0.2) is 24.5 Å². The van der Waals surface area contributed by atoms with E-state index < -0.39 is 0 Å². The Balaban J connectivity index is 1.78. The Labute approximate surface area is 155 Å². The van der Waals surface area contributed by atoms with Gasteiger partial charge in [0.05, 0.1) is 5.56 Å². The van der Waals surface area contributed by atoms with Crippen molar-refractivity contribution in [3.63, 3.8) is 0 Å². The fourth-order valence-corrected chi connectivity index (χ4v) is 3.66. The minimum Gasteiger partial charge on any atom is -0.367 e. The summed E-state index contributed by atoms with van der Waals surface area (Å²) in [4.78, 5) is 32.5. The molecule has 3 rings (SSSR count). The Bertz CT molecular complexity index is 798. The fraction of sp³-hybridized carbons (Fsp3) is 0.429. The smallest absolute Gasteiger partial charge is 0.255 e. The van der Waals surface area contributed by atoms with E-state index >= 15 is 0 Å². The second kappa shape index (κ2) is 7.36. The van der Waals surface area contributed by atoms with Crippen LogP contribution >= 0.6 is 0 Å². The molecule has 2 heterocycles. The van der Waals surface area contributed by atoms with Crippen LogP contribution in [0.5, 0.6) is 0 Å². The topological polar surface area (TPSA) is 56.4 Å². The van der Waals surface area contributed by atoms with Gasteiger partial charge >= 0.3 is 0 Å². The SMILES string of the molecule is Cc1cc(C)c(C)c(C(=O)N2CCCN(C(=O)c3cc[nH]c3)CC2)c1C. The van der Waals surface area contributed by atoms with E-state index in [9.17, 15) is 9.59 Å². The van der Waals surface area contributed by atoms with Crippen molar-refractivity contribution in [1.29, 1.82) is 0 Å². The molecule has 1 aliphatic rings. The summed E-state index contributed by atoms with van der Waals surface area (Å²) in [5.41, 5.74) is 5.91. The number of benzene rings is 1. The standard InChI is InChI=1S/C21H27N3O2/c1-14-12-15(2)17(4)19(16(14)3)21(26)24-9-5-8-23(10-11-24)20(25)18-6-7-22-13-18/h6-7,12-13,22H,5,8-11H2,1-4H3. The summed E-state index contributed by atoms with van der Waals surface area (Å²) in [6.45, 7) is 10.7. The Morgan fingerprint density at radius 1 is 0.885 bits per heavy atom. The lowest BCUT2D eigenvalue weighted by molar-refractivity contribution is 0.0718. The highest BCUT2D eigenvalue weighted by Gasteiger charge is 2.26. The molecule has 0 saturated carbocycles. The fourth-order valence-electron chi connectivity index (χ4n) is 3.66. The minimum absolute atomic E-state index is 0.0271. The zero-order chi connectivity index (χ0) is 18.8. The molecule has 0 radical (unpaired) electrons. The van der Waals surface area contributed by atoms with Gasteiger partial charge in [-0.05, 0) is 62.4 Å². The molecule has 1 aromatic carbocycles. The molecule has 1 aliphatic heterocycles. The molecule has 0 unspecified atom stereocenters. The molecular formula is C21H27N3O2. The Kier molecular flexibility index (Phi) is 5.16. The predicted octanol–water partition coefficient (Wildman–Crippen LogP) is 3.24. The number of amides is 2. The van der Waals surface area contributed by atoms with Crippen molar-refractivity contribution >= 4 is 11.8 Å². The van der Waals surface area contributed by atoms with Gasteiger partial charge in [-0.1, -0.05) is 6.07 Å². The van der Waals surface area contributed by atoms with Crippen LogP contribution < -0.4 is 0 Å². The van der Waals surface area contributed by atoms with Crippen LogP contribution in [-0.4, -0.2) is 52.8 Å². The molecule has 5 nitrogen and oxygen atoms in total.